The lowest BCUT2D eigenvalue weighted by Gasteiger charge is -1.78. The first-order valence-electron chi connectivity index (χ1n) is 1.82. The topological polar surface area (TPSA) is 26.3 Å². The molecule has 2 nitrogen and oxygen atoms in total. The predicted octanol–water partition coefficient (Wildman–Crippen LogP) is 0.362. The van der Waals surface area contributed by atoms with Crippen LogP contribution in [0.2, 0.25) is 0 Å². The van der Waals surface area contributed by atoms with Gasteiger partial charge in [-0.2, -0.15) is 0 Å². The van der Waals surface area contributed by atoms with Crippen LogP contribution in [0.25, 0.3) is 0 Å². The smallest absolute Gasteiger partial charge is 0.306 e. The van der Waals surface area contributed by atoms with Gasteiger partial charge in [0.1, 0.15) is 0 Å². The quantitative estimate of drug-likeness (QED) is 0.396. The zero-order chi connectivity index (χ0) is 4.41. The number of carbonyl (C=O) groups is 1. The number of hydrogen-bond donors (Lipinski definition) is 0. The molecule has 2 radical (unpaired) electrons. The van der Waals surface area contributed by atoms with Crippen LogP contribution in [0.4, 0.5) is 0 Å². The Morgan fingerprint density at radius 3 is 2.83 bits per heavy atom. The normalized spacial score (nSPS) is 21.0. The van der Waals surface area contributed by atoms with E-state index in [2.05, 4.69) is 11.3 Å². The number of carbonyl (C=O) groups excluding carboxylic acids is 1. The first-order valence-corrected chi connectivity index (χ1v) is 1.82. The monoisotopic (exact) mass is 84.0 g/mol. The molecule has 0 aliphatic carbocycles. The van der Waals surface area contributed by atoms with Gasteiger partial charge >= 0.3 is 5.97 Å². The summed E-state index contributed by atoms with van der Waals surface area (Å²) < 4.78 is 4.26. The average Bonchev–Trinajstić information content (AvgIpc) is 1.86. The van der Waals surface area contributed by atoms with Crippen molar-refractivity contribution in [2.45, 2.75) is 12.8 Å². The zero-order valence-electron chi connectivity index (χ0n) is 3.23. The van der Waals surface area contributed by atoms with Gasteiger partial charge in [-0.15, -0.1) is 0 Å². The van der Waals surface area contributed by atoms with Gasteiger partial charge in [0.2, 0.25) is 0 Å². The molecule has 32 valence electrons. The molecule has 1 saturated heterocycles. The van der Waals surface area contributed by atoms with E-state index >= 15 is 0 Å². The summed E-state index contributed by atoms with van der Waals surface area (Å²) in [6.07, 6.45) is 1.18. The summed E-state index contributed by atoms with van der Waals surface area (Å²) in [5.74, 6) is -0.157. The van der Waals surface area contributed by atoms with Gasteiger partial charge in [-0.1, -0.05) is 0 Å². The molecule has 0 atom stereocenters. The van der Waals surface area contributed by atoms with Crippen LogP contribution >= 0.6 is 0 Å². The van der Waals surface area contributed by atoms with Gasteiger partial charge in [0.25, 0.3) is 0 Å². The standard InChI is InChI=1S/C4H4O2/c5-4-2-1-3-6-4/h1-2H2. The SMILES string of the molecule is O=C1CC[C]O1. The highest BCUT2D eigenvalue weighted by Crippen LogP contribution is 2.06. The van der Waals surface area contributed by atoms with E-state index in [1.807, 2.05) is 0 Å². The third-order valence-corrected chi connectivity index (χ3v) is 0.617. The van der Waals surface area contributed by atoms with Crippen LogP contribution in [0.1, 0.15) is 12.8 Å². The van der Waals surface area contributed by atoms with Gasteiger partial charge in [-0.05, 0) is 0 Å². The molecule has 0 saturated carbocycles. The highest BCUT2D eigenvalue weighted by molar-refractivity contribution is 5.71. The fraction of sp³-hybridized carbons (Fsp3) is 0.500. The summed E-state index contributed by atoms with van der Waals surface area (Å²) >= 11 is 0. The third kappa shape index (κ3) is 0.506. The van der Waals surface area contributed by atoms with Gasteiger partial charge in [0.15, 0.2) is 6.61 Å². The fourth-order valence-electron chi connectivity index (χ4n) is 0.336. The Balaban J connectivity index is 2.37. The minimum atomic E-state index is -0.157. The maximum atomic E-state index is 9.96. The summed E-state index contributed by atoms with van der Waals surface area (Å²) in [5.41, 5.74) is 0. The second-order valence-electron chi connectivity index (χ2n) is 1.12. The highest BCUT2D eigenvalue weighted by atomic mass is 16.5. The average molecular weight is 84.1 g/mol. The molecule has 1 heterocycles. The minimum absolute atomic E-state index is 0.157. The second-order valence-corrected chi connectivity index (χ2v) is 1.12. The van der Waals surface area contributed by atoms with E-state index < -0.39 is 0 Å². The van der Waals surface area contributed by atoms with E-state index in [-0.39, 0.29) is 5.97 Å². The molecule has 1 rings (SSSR count). The van der Waals surface area contributed by atoms with E-state index in [1.165, 1.54) is 0 Å². The van der Waals surface area contributed by atoms with Crippen LogP contribution in [0.3, 0.4) is 0 Å². The van der Waals surface area contributed by atoms with Crippen LogP contribution in [0.15, 0.2) is 0 Å². The van der Waals surface area contributed by atoms with Crippen LogP contribution in [0.5, 0.6) is 0 Å². The Morgan fingerprint density at radius 2 is 2.67 bits per heavy atom. The molecule has 0 N–H and O–H groups in total. The van der Waals surface area contributed by atoms with Gasteiger partial charge < -0.3 is 4.74 Å². The summed E-state index contributed by atoms with van der Waals surface area (Å²) in [5, 5.41) is 0. The lowest BCUT2D eigenvalue weighted by atomic mass is 10.4. The van der Waals surface area contributed by atoms with Crippen molar-refractivity contribution in [3.8, 4) is 0 Å². The van der Waals surface area contributed by atoms with Gasteiger partial charge in [0.05, 0.1) is 0 Å². The first-order chi connectivity index (χ1) is 2.89. The predicted molar refractivity (Wildman–Crippen MR) is 18.6 cm³/mol. The Bertz CT molecular complexity index is 59.9. The molecule has 1 aliphatic heterocycles. The van der Waals surface area contributed by atoms with E-state index in [0.717, 1.165) is 0 Å². The molecule has 1 aliphatic rings. The number of rotatable bonds is 0. The largest absolute Gasteiger partial charge is 0.450 e. The van der Waals surface area contributed by atoms with Crippen molar-refractivity contribution in [3.63, 3.8) is 0 Å². The van der Waals surface area contributed by atoms with Crippen molar-refractivity contribution in [2.24, 2.45) is 0 Å². The van der Waals surface area contributed by atoms with Crippen molar-refractivity contribution in [1.29, 1.82) is 0 Å². The molecule has 0 aromatic carbocycles. The van der Waals surface area contributed by atoms with Crippen molar-refractivity contribution in [2.75, 3.05) is 0 Å². The Hall–Kier alpha value is -0.530. The molecular formula is C4H4O2. The maximum Gasteiger partial charge on any atom is 0.306 e. The van der Waals surface area contributed by atoms with Crippen molar-refractivity contribution in [1.82, 2.24) is 0 Å². The van der Waals surface area contributed by atoms with Crippen LogP contribution in [0, 0.1) is 6.61 Å². The molecule has 0 aromatic rings. The highest BCUT2D eigenvalue weighted by Gasteiger charge is 2.10. The van der Waals surface area contributed by atoms with Crippen molar-refractivity contribution >= 4 is 5.97 Å². The lowest BCUT2D eigenvalue weighted by molar-refractivity contribution is -0.135. The first kappa shape index (κ1) is 3.65. The number of cyclic esters (lactones) is 1. The number of esters is 1. The molecule has 2 heteroatoms. The number of ether oxygens (including phenoxy) is 1. The molecule has 0 spiro atoms. The Kier molecular flexibility index (Phi) is 0.783. The maximum absolute atomic E-state index is 9.96. The van der Waals surface area contributed by atoms with E-state index in [1.54, 1.807) is 0 Å². The van der Waals surface area contributed by atoms with Crippen LogP contribution in [-0.2, 0) is 9.53 Å². The van der Waals surface area contributed by atoms with Crippen LogP contribution in [-0.4, -0.2) is 5.97 Å². The molecule has 0 bridgehead atoms. The third-order valence-electron chi connectivity index (χ3n) is 0.617. The second kappa shape index (κ2) is 1.29. The van der Waals surface area contributed by atoms with E-state index in [9.17, 15) is 4.79 Å². The lowest BCUT2D eigenvalue weighted by Crippen LogP contribution is -1.86. The van der Waals surface area contributed by atoms with E-state index in [4.69, 9.17) is 0 Å². The Labute approximate surface area is 36.1 Å². The summed E-state index contributed by atoms with van der Waals surface area (Å²) in [4.78, 5) is 9.96. The molecular weight excluding hydrogens is 80.0 g/mol. The van der Waals surface area contributed by atoms with Crippen molar-refractivity contribution < 1.29 is 9.53 Å². The Morgan fingerprint density at radius 1 is 1.83 bits per heavy atom. The molecule has 1 fully saturated rings. The van der Waals surface area contributed by atoms with Gasteiger partial charge in [-0.25, -0.2) is 0 Å². The summed E-state index contributed by atoms with van der Waals surface area (Å²) in [6, 6.07) is 0. The molecule has 0 aromatic heterocycles. The van der Waals surface area contributed by atoms with E-state index in [0.29, 0.717) is 12.8 Å². The summed E-state index contributed by atoms with van der Waals surface area (Å²) in [7, 11) is 0. The van der Waals surface area contributed by atoms with Gasteiger partial charge in [-0.3, -0.25) is 4.79 Å². The number of hydrogen-bond acceptors (Lipinski definition) is 2. The van der Waals surface area contributed by atoms with Crippen LogP contribution < -0.4 is 0 Å². The molecule has 0 amide bonds. The fourth-order valence-corrected chi connectivity index (χ4v) is 0.336. The summed E-state index contributed by atoms with van der Waals surface area (Å²) in [6.45, 7) is 2.42. The van der Waals surface area contributed by atoms with Crippen molar-refractivity contribution in [3.05, 3.63) is 6.61 Å². The zero-order valence-corrected chi connectivity index (χ0v) is 3.23. The van der Waals surface area contributed by atoms with Gasteiger partial charge in [0, 0.05) is 12.8 Å². The molecule has 0 unspecified atom stereocenters. The minimum Gasteiger partial charge on any atom is -0.450 e. The molecule has 6 heavy (non-hydrogen) atoms.